The third-order valence-corrected chi connectivity index (χ3v) is 7.53. The van der Waals surface area contributed by atoms with Gasteiger partial charge in [0.25, 0.3) is 5.79 Å². The van der Waals surface area contributed by atoms with E-state index in [4.69, 9.17) is 33.2 Å². The smallest absolute Gasteiger partial charge is 0.343 e. The van der Waals surface area contributed by atoms with E-state index in [0.29, 0.717) is 33.7 Å². The predicted molar refractivity (Wildman–Crippen MR) is 155 cm³/mol. The van der Waals surface area contributed by atoms with Crippen molar-refractivity contribution in [1.29, 1.82) is 0 Å². The largest absolute Gasteiger partial charge is 0.497 e. The molecule has 1 aliphatic heterocycles. The topological polar surface area (TPSA) is 145 Å². The second kappa shape index (κ2) is 12.2. The van der Waals surface area contributed by atoms with Crippen molar-refractivity contribution in [3.05, 3.63) is 70.8 Å². The van der Waals surface area contributed by atoms with Crippen LogP contribution < -0.4 is 23.7 Å². The highest BCUT2D eigenvalue weighted by Gasteiger charge is 2.49. The van der Waals surface area contributed by atoms with Gasteiger partial charge in [0, 0.05) is 23.6 Å². The van der Waals surface area contributed by atoms with E-state index in [0.717, 1.165) is 11.7 Å². The lowest BCUT2D eigenvalue weighted by molar-refractivity contribution is -0.185. The molecule has 1 N–H and O–H groups in total. The second-order valence-electron chi connectivity index (χ2n) is 9.28. The summed E-state index contributed by atoms with van der Waals surface area (Å²) in [6, 6.07) is 13.2. The Morgan fingerprint density at radius 1 is 0.884 bits per heavy atom. The minimum atomic E-state index is -2.27. The molecule has 0 fully saturated rings. The van der Waals surface area contributed by atoms with Gasteiger partial charge in [0.1, 0.15) is 22.5 Å². The Bertz CT molecular complexity index is 1710. The maximum Gasteiger partial charge on any atom is 0.343 e. The summed E-state index contributed by atoms with van der Waals surface area (Å²) in [4.78, 5) is 25.5. The second-order valence-corrected chi connectivity index (χ2v) is 9.81. The van der Waals surface area contributed by atoms with Crippen molar-refractivity contribution in [3.63, 3.8) is 0 Å². The first-order valence-corrected chi connectivity index (χ1v) is 13.6. The number of fused-ring (bicyclic) bond motifs is 1. The third kappa shape index (κ3) is 5.51. The molecule has 1 unspecified atom stereocenters. The van der Waals surface area contributed by atoms with E-state index < -0.39 is 17.7 Å². The zero-order chi connectivity index (χ0) is 30.7. The molecule has 13 heteroatoms. The van der Waals surface area contributed by atoms with Gasteiger partial charge in [-0.05, 0) is 41.5 Å². The summed E-state index contributed by atoms with van der Waals surface area (Å²) >= 11 is 1.04. The monoisotopic (exact) mass is 608 g/mol. The van der Waals surface area contributed by atoms with E-state index >= 15 is 0 Å². The van der Waals surface area contributed by atoms with Crippen LogP contribution >= 0.6 is 11.7 Å². The van der Waals surface area contributed by atoms with Crippen molar-refractivity contribution in [3.8, 4) is 28.7 Å². The van der Waals surface area contributed by atoms with E-state index in [1.807, 2.05) is 0 Å². The zero-order valence-corrected chi connectivity index (χ0v) is 24.8. The van der Waals surface area contributed by atoms with Gasteiger partial charge in [-0.15, -0.1) is 0 Å². The fourth-order valence-corrected chi connectivity index (χ4v) is 5.33. The van der Waals surface area contributed by atoms with Crippen molar-refractivity contribution in [2.45, 2.75) is 12.2 Å². The Kier molecular flexibility index (Phi) is 8.37. The number of hydrogen-bond donors (Lipinski definition) is 1. The molecule has 2 heterocycles. The summed E-state index contributed by atoms with van der Waals surface area (Å²) in [7, 11) is 7.08. The molecule has 1 atom stereocenters. The van der Waals surface area contributed by atoms with Gasteiger partial charge in [0.15, 0.2) is 18.1 Å². The maximum absolute atomic E-state index is 13.6. The van der Waals surface area contributed by atoms with Gasteiger partial charge in [0.2, 0.25) is 5.75 Å². The lowest BCUT2D eigenvalue weighted by Gasteiger charge is -2.27. The SMILES string of the molecule is COC(=O)COc1cc(OC)ccc1CC1=C(c2ccc3nsnc3c2)C(=O)OC1(O)c1cc(OC)c(OC)c(OC)c1. The first-order chi connectivity index (χ1) is 20.8. The number of rotatable bonds is 11. The van der Waals surface area contributed by atoms with Crippen molar-refractivity contribution in [2.24, 2.45) is 0 Å². The molecule has 224 valence electrons. The van der Waals surface area contributed by atoms with Crippen molar-refractivity contribution in [2.75, 3.05) is 42.2 Å². The van der Waals surface area contributed by atoms with Crippen LogP contribution in [0.4, 0.5) is 0 Å². The first-order valence-electron chi connectivity index (χ1n) is 12.8. The molecule has 4 aromatic rings. The Hall–Kier alpha value is -4.88. The van der Waals surface area contributed by atoms with Crippen molar-refractivity contribution in [1.82, 2.24) is 8.75 Å². The van der Waals surface area contributed by atoms with Crippen LogP contribution in [0.5, 0.6) is 28.7 Å². The Morgan fingerprint density at radius 3 is 2.26 bits per heavy atom. The van der Waals surface area contributed by atoms with Gasteiger partial charge in [0.05, 0.1) is 52.9 Å². The molecule has 0 spiro atoms. The van der Waals surface area contributed by atoms with Crippen LogP contribution in [0, 0.1) is 0 Å². The molecule has 3 aromatic carbocycles. The van der Waals surface area contributed by atoms with Crippen molar-refractivity contribution >= 4 is 40.3 Å². The minimum absolute atomic E-state index is 0.0396. The quantitative estimate of drug-likeness (QED) is 0.248. The fourth-order valence-electron chi connectivity index (χ4n) is 4.82. The van der Waals surface area contributed by atoms with Crippen LogP contribution in [0.25, 0.3) is 16.6 Å². The summed E-state index contributed by atoms with van der Waals surface area (Å²) in [5.41, 5.74) is 2.71. The van der Waals surface area contributed by atoms with Crippen LogP contribution in [-0.2, 0) is 31.3 Å². The number of aromatic nitrogens is 2. The van der Waals surface area contributed by atoms with E-state index in [2.05, 4.69) is 8.75 Å². The number of benzene rings is 3. The van der Waals surface area contributed by atoms with Gasteiger partial charge in [-0.3, -0.25) is 0 Å². The summed E-state index contributed by atoms with van der Waals surface area (Å²) in [5, 5.41) is 12.3. The number of cyclic esters (lactones) is 1. The molecule has 0 radical (unpaired) electrons. The Morgan fingerprint density at radius 2 is 1.60 bits per heavy atom. The maximum atomic E-state index is 13.6. The Balaban J connectivity index is 1.72. The summed E-state index contributed by atoms with van der Waals surface area (Å²) in [6.45, 7) is -0.372. The number of carbonyl (C=O) groups excluding carboxylic acids is 2. The van der Waals surface area contributed by atoms with Crippen LogP contribution in [-0.4, -0.2) is 67.9 Å². The highest BCUT2D eigenvalue weighted by Crippen LogP contribution is 2.49. The third-order valence-electron chi connectivity index (χ3n) is 6.97. The summed E-state index contributed by atoms with van der Waals surface area (Å²) in [6.07, 6.45) is -0.0396. The van der Waals surface area contributed by atoms with Crippen LogP contribution in [0.15, 0.2) is 54.1 Å². The molecule has 12 nitrogen and oxygen atoms in total. The number of ether oxygens (including phenoxy) is 7. The van der Waals surface area contributed by atoms with Gasteiger partial charge < -0.3 is 38.3 Å². The molecule has 0 saturated carbocycles. The van der Waals surface area contributed by atoms with E-state index in [1.54, 1.807) is 36.4 Å². The van der Waals surface area contributed by atoms with Gasteiger partial charge in [-0.25, -0.2) is 9.59 Å². The van der Waals surface area contributed by atoms with Crippen molar-refractivity contribution < 1.29 is 47.9 Å². The van der Waals surface area contributed by atoms with E-state index in [9.17, 15) is 14.7 Å². The molecule has 0 amide bonds. The van der Waals surface area contributed by atoms with Crippen LogP contribution in [0.3, 0.4) is 0 Å². The molecule has 1 aromatic heterocycles. The highest BCUT2D eigenvalue weighted by atomic mass is 32.1. The lowest BCUT2D eigenvalue weighted by Crippen LogP contribution is -2.30. The molecule has 5 rings (SSSR count). The molecule has 1 aliphatic rings. The molecule has 0 saturated heterocycles. The first kappa shape index (κ1) is 29.6. The van der Waals surface area contributed by atoms with E-state index in [1.165, 1.54) is 47.7 Å². The number of aliphatic hydroxyl groups is 1. The lowest BCUT2D eigenvalue weighted by atomic mass is 9.87. The number of methoxy groups -OCH3 is 5. The summed E-state index contributed by atoms with van der Waals surface area (Å²) in [5.74, 6) is -2.09. The van der Waals surface area contributed by atoms with Gasteiger partial charge in [-0.1, -0.05) is 12.1 Å². The summed E-state index contributed by atoms with van der Waals surface area (Å²) < 4.78 is 46.6. The number of nitrogens with zero attached hydrogens (tertiary/aromatic N) is 2. The zero-order valence-electron chi connectivity index (χ0n) is 24.0. The van der Waals surface area contributed by atoms with E-state index in [-0.39, 0.29) is 47.0 Å². The average Bonchev–Trinajstić information content (AvgIpc) is 3.60. The van der Waals surface area contributed by atoms with Crippen LogP contribution in [0.1, 0.15) is 16.7 Å². The number of hydrogen-bond acceptors (Lipinski definition) is 13. The van der Waals surface area contributed by atoms with Gasteiger partial charge in [-0.2, -0.15) is 8.75 Å². The Labute approximate surface area is 250 Å². The molecular weight excluding hydrogens is 580 g/mol. The van der Waals surface area contributed by atoms with Crippen LogP contribution in [0.2, 0.25) is 0 Å². The number of carbonyl (C=O) groups is 2. The molecule has 0 bridgehead atoms. The molecular formula is C30H28N2O10S. The minimum Gasteiger partial charge on any atom is -0.497 e. The molecule has 43 heavy (non-hydrogen) atoms. The molecule has 0 aliphatic carbocycles. The average molecular weight is 609 g/mol. The fraction of sp³-hybridized carbons (Fsp3) is 0.267. The number of esters is 2. The predicted octanol–water partition coefficient (Wildman–Crippen LogP) is 3.68. The highest BCUT2D eigenvalue weighted by molar-refractivity contribution is 7.00. The van der Waals surface area contributed by atoms with Gasteiger partial charge >= 0.3 is 11.9 Å². The standard InChI is InChI=1S/C30H28N2O10S/c1-36-19-8-6-16(23(14-19)41-15-26(33)39-4)10-20-27(17-7-9-21-22(11-17)32-43-31-21)29(34)42-30(20,35)18-12-24(37-2)28(40-5)25(13-18)38-3/h6-9,11-14,35H,10,15H2,1-5H3. The normalized spacial score (nSPS) is 16.2.